The lowest BCUT2D eigenvalue weighted by Gasteiger charge is -2.28. The summed E-state index contributed by atoms with van der Waals surface area (Å²) in [4.78, 5) is 34.1. The number of benzene rings is 1. The van der Waals surface area contributed by atoms with Crippen molar-refractivity contribution in [3.8, 4) is 11.5 Å². The smallest absolute Gasteiger partial charge is 0.274 e. The molecule has 0 saturated heterocycles. The highest BCUT2D eigenvalue weighted by Crippen LogP contribution is 2.33. The Bertz CT molecular complexity index is 1200. The summed E-state index contributed by atoms with van der Waals surface area (Å²) in [5.41, 5.74) is 4.95. The minimum Gasteiger partial charge on any atom is -0.493 e. The summed E-state index contributed by atoms with van der Waals surface area (Å²) in [5.74, 6) is 1.45. The highest BCUT2D eigenvalue weighted by Gasteiger charge is 2.33. The van der Waals surface area contributed by atoms with Gasteiger partial charge in [0, 0.05) is 49.7 Å². The van der Waals surface area contributed by atoms with E-state index >= 15 is 0 Å². The van der Waals surface area contributed by atoms with E-state index < -0.39 is 0 Å². The molecule has 2 aliphatic rings. The predicted molar refractivity (Wildman–Crippen MR) is 130 cm³/mol. The minimum absolute atomic E-state index is 0.0983. The number of nitrogens with zero attached hydrogens (tertiary/aromatic N) is 5. The van der Waals surface area contributed by atoms with Gasteiger partial charge in [-0.2, -0.15) is 5.10 Å². The molecular weight excluding hydrogens is 466 g/mol. The maximum absolute atomic E-state index is 13.4. The van der Waals surface area contributed by atoms with Crippen LogP contribution in [0.4, 0.5) is 0 Å². The number of aromatic nitrogens is 3. The fraction of sp³-hybridized carbons (Fsp3) is 0.440. The van der Waals surface area contributed by atoms with Crippen molar-refractivity contribution in [2.75, 3.05) is 27.3 Å². The molecule has 3 aromatic rings. The van der Waals surface area contributed by atoms with E-state index in [1.807, 2.05) is 22.2 Å². The number of para-hydroxylation sites is 2. The van der Waals surface area contributed by atoms with Crippen LogP contribution in [0, 0.1) is 5.92 Å². The highest BCUT2D eigenvalue weighted by atomic mass is 32.1. The van der Waals surface area contributed by atoms with Gasteiger partial charge in [-0.3, -0.25) is 14.3 Å². The van der Waals surface area contributed by atoms with E-state index in [0.29, 0.717) is 49.2 Å². The summed E-state index contributed by atoms with van der Waals surface area (Å²) in [5, 5.41) is 6.69. The molecule has 1 aliphatic carbocycles. The quantitative estimate of drug-likeness (QED) is 0.453. The van der Waals surface area contributed by atoms with Crippen molar-refractivity contribution in [3.63, 3.8) is 0 Å². The molecule has 1 aliphatic heterocycles. The molecule has 1 aromatic carbocycles. The molecule has 5 rings (SSSR count). The van der Waals surface area contributed by atoms with Gasteiger partial charge in [0.05, 0.1) is 24.9 Å². The summed E-state index contributed by atoms with van der Waals surface area (Å²) in [6, 6.07) is 7.26. The first-order chi connectivity index (χ1) is 17.0. The molecule has 184 valence electrons. The Morgan fingerprint density at radius 1 is 1.23 bits per heavy atom. The van der Waals surface area contributed by atoms with Gasteiger partial charge in [-0.05, 0) is 30.9 Å². The van der Waals surface area contributed by atoms with Crippen molar-refractivity contribution in [2.24, 2.45) is 5.92 Å². The summed E-state index contributed by atoms with van der Waals surface area (Å²) in [7, 11) is 3.33. The van der Waals surface area contributed by atoms with Crippen LogP contribution in [0.25, 0.3) is 0 Å². The lowest BCUT2D eigenvalue weighted by atomic mass is 10.0. The average molecular weight is 496 g/mol. The molecule has 0 unspecified atom stereocenters. The van der Waals surface area contributed by atoms with Crippen molar-refractivity contribution in [1.29, 1.82) is 0 Å². The van der Waals surface area contributed by atoms with Gasteiger partial charge >= 0.3 is 0 Å². The molecule has 1 saturated carbocycles. The third-order valence-electron chi connectivity index (χ3n) is 6.47. The Labute approximate surface area is 208 Å². The summed E-state index contributed by atoms with van der Waals surface area (Å²) in [6.45, 7) is 2.07. The first-order valence-electron chi connectivity index (χ1n) is 11.8. The van der Waals surface area contributed by atoms with E-state index in [4.69, 9.17) is 14.6 Å². The second-order valence-electron chi connectivity index (χ2n) is 9.05. The summed E-state index contributed by atoms with van der Waals surface area (Å²) >= 11 is 1.51. The number of carbonyl (C=O) groups is 2. The van der Waals surface area contributed by atoms with Crippen LogP contribution >= 0.6 is 11.3 Å². The zero-order valence-electron chi connectivity index (χ0n) is 20.0. The Morgan fingerprint density at radius 3 is 2.74 bits per heavy atom. The Kier molecular flexibility index (Phi) is 6.72. The molecule has 2 aromatic heterocycles. The summed E-state index contributed by atoms with van der Waals surface area (Å²) < 4.78 is 13.1. The molecule has 10 heteroatoms. The molecule has 35 heavy (non-hydrogen) atoms. The number of ether oxygens (including phenoxy) is 2. The fourth-order valence-corrected chi connectivity index (χ4v) is 4.90. The van der Waals surface area contributed by atoms with Gasteiger partial charge in [-0.1, -0.05) is 12.1 Å². The standard InChI is InChI=1S/C25H29N5O4S/c1-28(12-18-15-35-16-26-18)25(32)24-19-13-29(10-9-20(19)30(27-24)11-17-7-8-17)23(31)14-34-22-6-4-3-5-21(22)33-2/h3-6,15-17H,7-14H2,1-2H3. The van der Waals surface area contributed by atoms with Gasteiger partial charge < -0.3 is 19.3 Å². The zero-order chi connectivity index (χ0) is 24.4. The number of amides is 2. The van der Waals surface area contributed by atoms with E-state index in [1.54, 1.807) is 41.6 Å². The number of hydrogen-bond donors (Lipinski definition) is 0. The van der Waals surface area contributed by atoms with Crippen LogP contribution < -0.4 is 9.47 Å². The first-order valence-corrected chi connectivity index (χ1v) is 12.7. The first kappa shape index (κ1) is 23.3. The fourth-order valence-electron chi connectivity index (χ4n) is 4.35. The molecule has 0 atom stereocenters. The lowest BCUT2D eigenvalue weighted by Crippen LogP contribution is -2.40. The minimum atomic E-state index is -0.150. The third kappa shape index (κ3) is 5.17. The van der Waals surface area contributed by atoms with E-state index in [2.05, 4.69) is 4.98 Å². The lowest BCUT2D eigenvalue weighted by molar-refractivity contribution is -0.134. The molecule has 3 heterocycles. The van der Waals surface area contributed by atoms with E-state index in [0.717, 1.165) is 23.5 Å². The van der Waals surface area contributed by atoms with Gasteiger partial charge in [0.1, 0.15) is 0 Å². The number of hydrogen-bond acceptors (Lipinski definition) is 7. The van der Waals surface area contributed by atoms with Crippen LogP contribution in [-0.4, -0.2) is 63.7 Å². The van der Waals surface area contributed by atoms with Crippen LogP contribution in [0.3, 0.4) is 0 Å². The Morgan fingerprint density at radius 2 is 2.03 bits per heavy atom. The largest absolute Gasteiger partial charge is 0.493 e. The number of rotatable bonds is 9. The highest BCUT2D eigenvalue weighted by molar-refractivity contribution is 7.07. The van der Waals surface area contributed by atoms with E-state index in [9.17, 15) is 9.59 Å². The topological polar surface area (TPSA) is 89.8 Å². The normalized spacial score (nSPS) is 15.0. The number of thiazole rings is 1. The predicted octanol–water partition coefficient (Wildman–Crippen LogP) is 2.99. The van der Waals surface area contributed by atoms with Crippen LogP contribution in [0.1, 0.15) is 40.3 Å². The molecule has 0 N–H and O–H groups in total. The molecule has 0 spiro atoms. The average Bonchev–Trinajstić information content (AvgIpc) is 3.41. The van der Waals surface area contributed by atoms with Crippen molar-refractivity contribution in [2.45, 2.75) is 38.9 Å². The monoisotopic (exact) mass is 495 g/mol. The van der Waals surface area contributed by atoms with Gasteiger partial charge in [0.2, 0.25) is 0 Å². The molecular formula is C25H29N5O4S. The van der Waals surface area contributed by atoms with Crippen molar-refractivity contribution < 1.29 is 19.1 Å². The number of methoxy groups -OCH3 is 1. The number of fused-ring (bicyclic) bond motifs is 1. The molecule has 0 bridgehead atoms. The molecule has 2 amide bonds. The van der Waals surface area contributed by atoms with E-state index in [-0.39, 0.29) is 18.4 Å². The van der Waals surface area contributed by atoms with Crippen LogP contribution in [0.5, 0.6) is 11.5 Å². The van der Waals surface area contributed by atoms with Crippen LogP contribution in [0.15, 0.2) is 35.2 Å². The molecule has 1 fully saturated rings. The molecule has 0 radical (unpaired) electrons. The Balaban J connectivity index is 1.32. The Hall–Kier alpha value is -3.40. The summed E-state index contributed by atoms with van der Waals surface area (Å²) in [6.07, 6.45) is 3.07. The van der Waals surface area contributed by atoms with Gasteiger partial charge in [0.15, 0.2) is 23.8 Å². The number of carbonyl (C=O) groups excluding carboxylic acids is 2. The van der Waals surface area contributed by atoms with Gasteiger partial charge in [0.25, 0.3) is 11.8 Å². The van der Waals surface area contributed by atoms with Crippen LogP contribution in [-0.2, 0) is 30.8 Å². The molecule has 9 nitrogen and oxygen atoms in total. The maximum atomic E-state index is 13.4. The van der Waals surface area contributed by atoms with E-state index in [1.165, 1.54) is 24.2 Å². The van der Waals surface area contributed by atoms with Gasteiger partial charge in [-0.25, -0.2) is 4.98 Å². The SMILES string of the molecule is COc1ccccc1OCC(=O)N1CCc2c(c(C(=O)N(C)Cc3cscn3)nn2CC2CC2)C1. The van der Waals surface area contributed by atoms with Crippen molar-refractivity contribution >= 4 is 23.2 Å². The van der Waals surface area contributed by atoms with Crippen molar-refractivity contribution in [1.82, 2.24) is 24.6 Å². The maximum Gasteiger partial charge on any atom is 0.274 e. The van der Waals surface area contributed by atoms with Crippen LogP contribution in [0.2, 0.25) is 0 Å². The zero-order valence-corrected chi connectivity index (χ0v) is 20.8. The van der Waals surface area contributed by atoms with Crippen molar-refractivity contribution in [3.05, 3.63) is 57.8 Å². The second-order valence-corrected chi connectivity index (χ2v) is 9.76. The third-order valence-corrected chi connectivity index (χ3v) is 7.10. The second kappa shape index (κ2) is 10.1. The van der Waals surface area contributed by atoms with Gasteiger partial charge in [-0.15, -0.1) is 11.3 Å².